The SMILES string of the molecule is O=C1c2ccccc2ONC1CCO[N+](=O)[O-]. The van der Waals surface area contributed by atoms with Crippen LogP contribution in [-0.4, -0.2) is 23.5 Å². The number of nitrogens with zero attached hydrogens (tertiary/aromatic N) is 1. The molecule has 0 radical (unpaired) electrons. The van der Waals surface area contributed by atoms with Gasteiger partial charge in [-0.3, -0.25) is 4.79 Å². The fraction of sp³-hybridized carbons (Fsp3) is 0.300. The molecule has 0 spiro atoms. The number of hydrogen-bond acceptors (Lipinski definition) is 6. The van der Waals surface area contributed by atoms with Gasteiger partial charge in [0.25, 0.3) is 5.09 Å². The lowest BCUT2D eigenvalue weighted by molar-refractivity contribution is -0.757. The maximum atomic E-state index is 11.9. The first-order valence-corrected chi connectivity index (χ1v) is 5.01. The number of fused-ring (bicyclic) bond motifs is 1. The Bertz CT molecular complexity index is 448. The van der Waals surface area contributed by atoms with Crippen LogP contribution in [0.4, 0.5) is 0 Å². The molecule has 0 aromatic heterocycles. The molecule has 17 heavy (non-hydrogen) atoms. The van der Waals surface area contributed by atoms with Crippen molar-refractivity contribution in [2.75, 3.05) is 6.61 Å². The molecule has 1 aromatic carbocycles. The summed E-state index contributed by atoms with van der Waals surface area (Å²) in [4.78, 5) is 31.2. The van der Waals surface area contributed by atoms with E-state index in [1.165, 1.54) is 0 Å². The first-order chi connectivity index (χ1) is 8.18. The van der Waals surface area contributed by atoms with Gasteiger partial charge in [0.1, 0.15) is 6.04 Å². The third-order valence-electron chi connectivity index (χ3n) is 2.38. The van der Waals surface area contributed by atoms with Crippen molar-refractivity contribution in [1.82, 2.24) is 5.48 Å². The van der Waals surface area contributed by atoms with Crippen LogP contribution >= 0.6 is 0 Å². The predicted molar refractivity (Wildman–Crippen MR) is 55.9 cm³/mol. The van der Waals surface area contributed by atoms with Crippen LogP contribution in [0.2, 0.25) is 0 Å². The van der Waals surface area contributed by atoms with Crippen molar-refractivity contribution in [3.63, 3.8) is 0 Å². The molecule has 1 heterocycles. The molecular weight excluding hydrogens is 228 g/mol. The van der Waals surface area contributed by atoms with E-state index in [1.807, 2.05) is 0 Å². The highest BCUT2D eigenvalue weighted by molar-refractivity contribution is 6.03. The van der Waals surface area contributed by atoms with E-state index in [-0.39, 0.29) is 18.8 Å². The molecule has 0 saturated heterocycles. The van der Waals surface area contributed by atoms with Crippen LogP contribution in [0.15, 0.2) is 24.3 Å². The summed E-state index contributed by atoms with van der Waals surface area (Å²) in [5.74, 6) is 0.308. The summed E-state index contributed by atoms with van der Waals surface area (Å²) in [6.07, 6.45) is 0.175. The van der Waals surface area contributed by atoms with E-state index < -0.39 is 11.1 Å². The number of hydrogen-bond donors (Lipinski definition) is 1. The number of para-hydroxylation sites is 1. The van der Waals surface area contributed by atoms with Crippen molar-refractivity contribution >= 4 is 5.78 Å². The average Bonchev–Trinajstić information content (AvgIpc) is 2.32. The summed E-state index contributed by atoms with van der Waals surface area (Å²) < 4.78 is 0. The highest BCUT2D eigenvalue weighted by Crippen LogP contribution is 2.23. The van der Waals surface area contributed by atoms with E-state index in [0.29, 0.717) is 11.3 Å². The number of Topliss-reactive ketones (excluding diaryl/α,β-unsaturated/α-hetero) is 1. The van der Waals surface area contributed by atoms with Gasteiger partial charge in [0.2, 0.25) is 0 Å². The molecule has 1 N–H and O–H groups in total. The van der Waals surface area contributed by atoms with Crippen LogP contribution in [0.3, 0.4) is 0 Å². The number of hydroxylamine groups is 1. The predicted octanol–water partition coefficient (Wildman–Crippen LogP) is 0.733. The number of rotatable bonds is 4. The lowest BCUT2D eigenvalue weighted by Crippen LogP contribution is -2.44. The molecule has 1 aliphatic rings. The number of benzene rings is 1. The Kier molecular flexibility index (Phi) is 3.20. The zero-order valence-electron chi connectivity index (χ0n) is 8.79. The van der Waals surface area contributed by atoms with Crippen molar-refractivity contribution in [3.05, 3.63) is 39.9 Å². The van der Waals surface area contributed by atoms with Gasteiger partial charge in [-0.25, -0.2) is 0 Å². The second-order valence-corrected chi connectivity index (χ2v) is 3.48. The van der Waals surface area contributed by atoms with Crippen molar-refractivity contribution in [1.29, 1.82) is 0 Å². The molecule has 1 atom stereocenters. The largest absolute Gasteiger partial charge is 0.407 e. The maximum Gasteiger partial charge on any atom is 0.294 e. The molecule has 0 fully saturated rings. The molecule has 2 rings (SSSR count). The van der Waals surface area contributed by atoms with E-state index in [9.17, 15) is 14.9 Å². The molecule has 1 aromatic rings. The van der Waals surface area contributed by atoms with Gasteiger partial charge in [-0.05, 0) is 18.6 Å². The third kappa shape index (κ3) is 2.51. The normalized spacial score (nSPS) is 18.1. The number of nitrogens with one attached hydrogen (secondary N) is 1. The summed E-state index contributed by atoms with van der Waals surface area (Å²) >= 11 is 0. The summed E-state index contributed by atoms with van der Waals surface area (Å²) in [5, 5.41) is 9.08. The molecule has 0 bridgehead atoms. The zero-order chi connectivity index (χ0) is 12.3. The quantitative estimate of drug-likeness (QED) is 0.614. The molecule has 7 heteroatoms. The first-order valence-electron chi connectivity index (χ1n) is 5.01. The summed E-state index contributed by atoms with van der Waals surface area (Å²) in [5.41, 5.74) is 3.02. The number of carbonyl (C=O) groups excluding carboxylic acids is 1. The van der Waals surface area contributed by atoms with Gasteiger partial charge in [0.15, 0.2) is 11.5 Å². The highest BCUT2D eigenvalue weighted by Gasteiger charge is 2.28. The Hall–Kier alpha value is -2.15. The Labute approximate surface area is 96.4 Å². The summed E-state index contributed by atoms with van der Waals surface area (Å²) in [6.45, 7) is -0.151. The van der Waals surface area contributed by atoms with Gasteiger partial charge in [-0.1, -0.05) is 12.1 Å². The van der Waals surface area contributed by atoms with E-state index in [4.69, 9.17) is 4.84 Å². The molecule has 1 unspecified atom stereocenters. The maximum absolute atomic E-state index is 11.9. The smallest absolute Gasteiger partial charge is 0.294 e. The van der Waals surface area contributed by atoms with Gasteiger partial charge >= 0.3 is 0 Å². The van der Waals surface area contributed by atoms with Gasteiger partial charge in [0, 0.05) is 0 Å². The first kappa shape index (κ1) is 11.3. The van der Waals surface area contributed by atoms with E-state index in [2.05, 4.69) is 10.3 Å². The Morgan fingerprint density at radius 3 is 3.00 bits per heavy atom. The zero-order valence-corrected chi connectivity index (χ0v) is 8.79. The van der Waals surface area contributed by atoms with E-state index >= 15 is 0 Å². The van der Waals surface area contributed by atoms with Crippen LogP contribution in [0.1, 0.15) is 16.8 Å². The summed E-state index contributed by atoms with van der Waals surface area (Å²) in [7, 11) is 0. The molecule has 0 saturated carbocycles. The van der Waals surface area contributed by atoms with E-state index in [1.54, 1.807) is 24.3 Å². The number of ketones is 1. The minimum Gasteiger partial charge on any atom is -0.407 e. The lowest BCUT2D eigenvalue weighted by atomic mass is 10.0. The Balaban J connectivity index is 2.00. The van der Waals surface area contributed by atoms with Crippen molar-refractivity contribution in [2.24, 2.45) is 0 Å². The molecule has 7 nitrogen and oxygen atoms in total. The van der Waals surface area contributed by atoms with E-state index in [0.717, 1.165) is 0 Å². The Morgan fingerprint density at radius 2 is 2.24 bits per heavy atom. The molecule has 90 valence electrons. The Morgan fingerprint density at radius 1 is 1.47 bits per heavy atom. The lowest BCUT2D eigenvalue weighted by Gasteiger charge is -2.24. The molecule has 0 aliphatic carbocycles. The molecule has 1 aliphatic heterocycles. The van der Waals surface area contributed by atoms with Crippen molar-refractivity contribution in [2.45, 2.75) is 12.5 Å². The standard InChI is InChI=1S/C10H10N2O5/c13-10-7-3-1-2-4-9(7)17-11-8(10)5-6-16-12(14)15/h1-4,8,11H,5-6H2. The topological polar surface area (TPSA) is 90.7 Å². The van der Waals surface area contributed by atoms with Crippen LogP contribution in [-0.2, 0) is 4.84 Å². The average molecular weight is 238 g/mol. The van der Waals surface area contributed by atoms with Gasteiger partial charge in [-0.15, -0.1) is 15.6 Å². The fourth-order valence-electron chi connectivity index (χ4n) is 1.57. The second-order valence-electron chi connectivity index (χ2n) is 3.48. The molecule has 0 amide bonds. The van der Waals surface area contributed by atoms with Crippen LogP contribution in [0.25, 0.3) is 0 Å². The van der Waals surface area contributed by atoms with Crippen LogP contribution in [0, 0.1) is 10.1 Å². The van der Waals surface area contributed by atoms with Gasteiger partial charge in [0.05, 0.1) is 12.2 Å². The van der Waals surface area contributed by atoms with Crippen molar-refractivity contribution in [3.8, 4) is 5.75 Å². The molecular formula is C10H10N2O5. The monoisotopic (exact) mass is 238 g/mol. The third-order valence-corrected chi connectivity index (χ3v) is 2.38. The van der Waals surface area contributed by atoms with Crippen molar-refractivity contribution < 1.29 is 19.6 Å². The minimum atomic E-state index is -0.887. The minimum absolute atomic E-state index is 0.151. The number of carbonyl (C=O) groups is 1. The highest BCUT2D eigenvalue weighted by atomic mass is 16.9. The van der Waals surface area contributed by atoms with Crippen LogP contribution in [0.5, 0.6) is 5.75 Å². The fourth-order valence-corrected chi connectivity index (χ4v) is 1.57. The van der Waals surface area contributed by atoms with Gasteiger partial charge < -0.3 is 9.68 Å². The van der Waals surface area contributed by atoms with Crippen LogP contribution < -0.4 is 10.3 Å². The van der Waals surface area contributed by atoms with Gasteiger partial charge in [-0.2, -0.15) is 0 Å². The summed E-state index contributed by atoms with van der Waals surface area (Å²) in [6, 6.07) is 6.19. The second kappa shape index (κ2) is 4.79.